The number of methoxy groups -OCH3 is 4. The quantitative estimate of drug-likeness (QED) is 0.360. The number of benzene rings is 2. The molecule has 1 aliphatic heterocycles. The highest BCUT2D eigenvalue weighted by Crippen LogP contribution is 2.28. The minimum atomic E-state index is -0.117. The van der Waals surface area contributed by atoms with Crippen molar-refractivity contribution in [3.05, 3.63) is 47.5 Å². The Morgan fingerprint density at radius 1 is 0.632 bits per heavy atom. The van der Waals surface area contributed by atoms with E-state index in [1.165, 1.54) is 0 Å². The Balaban J connectivity index is 1.27. The van der Waals surface area contributed by atoms with Crippen molar-refractivity contribution in [3.8, 4) is 23.0 Å². The van der Waals surface area contributed by atoms with Crippen LogP contribution in [-0.4, -0.2) is 102 Å². The maximum absolute atomic E-state index is 12.4. The van der Waals surface area contributed by atoms with E-state index in [9.17, 15) is 9.59 Å². The second-order valence-electron chi connectivity index (χ2n) is 9.04. The number of rotatable bonds is 14. The molecule has 10 nitrogen and oxygen atoms in total. The second-order valence-corrected chi connectivity index (χ2v) is 9.04. The van der Waals surface area contributed by atoms with Gasteiger partial charge in [0.05, 0.1) is 28.4 Å². The van der Waals surface area contributed by atoms with Gasteiger partial charge in [0.2, 0.25) is 0 Å². The largest absolute Gasteiger partial charge is 0.493 e. The highest BCUT2D eigenvalue weighted by molar-refractivity contribution is 5.95. The van der Waals surface area contributed by atoms with Gasteiger partial charge in [-0.05, 0) is 62.3 Å². The molecule has 0 unspecified atom stereocenters. The number of carbonyl (C=O) groups excluding carboxylic acids is 2. The van der Waals surface area contributed by atoms with Crippen LogP contribution in [0.4, 0.5) is 0 Å². The van der Waals surface area contributed by atoms with E-state index in [0.29, 0.717) is 47.2 Å². The summed E-state index contributed by atoms with van der Waals surface area (Å²) in [5.74, 6) is 2.05. The van der Waals surface area contributed by atoms with Crippen molar-refractivity contribution in [1.82, 2.24) is 20.4 Å². The predicted octanol–water partition coefficient (Wildman–Crippen LogP) is 2.28. The number of carbonyl (C=O) groups is 2. The lowest BCUT2D eigenvalue weighted by Crippen LogP contribution is -2.47. The normalized spacial score (nSPS) is 14.0. The molecule has 2 aromatic rings. The minimum absolute atomic E-state index is 0.117. The molecular weight excluding hydrogens is 488 g/mol. The molecule has 1 aliphatic rings. The molecule has 2 aromatic carbocycles. The number of amides is 2. The van der Waals surface area contributed by atoms with Crippen LogP contribution in [0.15, 0.2) is 36.4 Å². The first kappa shape index (κ1) is 29.1. The maximum atomic E-state index is 12.4. The summed E-state index contributed by atoms with van der Waals surface area (Å²) >= 11 is 0. The van der Waals surface area contributed by atoms with Crippen molar-refractivity contribution in [2.24, 2.45) is 0 Å². The van der Waals surface area contributed by atoms with Crippen LogP contribution in [0.5, 0.6) is 23.0 Å². The molecule has 0 bridgehead atoms. The number of hydrogen-bond donors (Lipinski definition) is 2. The van der Waals surface area contributed by atoms with Crippen molar-refractivity contribution >= 4 is 11.8 Å². The molecule has 2 amide bonds. The van der Waals surface area contributed by atoms with Crippen LogP contribution < -0.4 is 29.6 Å². The third-order valence-corrected chi connectivity index (χ3v) is 6.63. The van der Waals surface area contributed by atoms with Crippen LogP contribution in [0.2, 0.25) is 0 Å². The van der Waals surface area contributed by atoms with Crippen LogP contribution >= 0.6 is 0 Å². The van der Waals surface area contributed by atoms with Gasteiger partial charge in [-0.1, -0.05) is 0 Å². The van der Waals surface area contributed by atoms with E-state index in [4.69, 9.17) is 18.9 Å². The van der Waals surface area contributed by atoms with E-state index >= 15 is 0 Å². The van der Waals surface area contributed by atoms with Gasteiger partial charge in [0.25, 0.3) is 11.8 Å². The van der Waals surface area contributed by atoms with Crippen LogP contribution in [-0.2, 0) is 0 Å². The molecule has 0 saturated carbocycles. The Labute approximate surface area is 225 Å². The molecular formula is C28H40N4O6. The van der Waals surface area contributed by atoms with Crippen LogP contribution in [0.1, 0.15) is 33.6 Å². The van der Waals surface area contributed by atoms with Crippen molar-refractivity contribution in [2.75, 3.05) is 80.8 Å². The van der Waals surface area contributed by atoms with E-state index in [1.807, 2.05) is 0 Å². The molecule has 0 aliphatic carbocycles. The molecule has 0 spiro atoms. The molecule has 0 aromatic heterocycles. The Morgan fingerprint density at radius 2 is 1.00 bits per heavy atom. The number of piperazine rings is 1. The van der Waals surface area contributed by atoms with Gasteiger partial charge in [0, 0.05) is 50.4 Å². The topological polar surface area (TPSA) is 102 Å². The van der Waals surface area contributed by atoms with Crippen molar-refractivity contribution in [1.29, 1.82) is 0 Å². The van der Waals surface area contributed by atoms with Gasteiger partial charge in [0.15, 0.2) is 23.0 Å². The Hall–Kier alpha value is -3.50. The van der Waals surface area contributed by atoms with Crippen LogP contribution in [0, 0.1) is 0 Å². The highest BCUT2D eigenvalue weighted by atomic mass is 16.5. The summed E-state index contributed by atoms with van der Waals surface area (Å²) in [5.41, 5.74) is 1.10. The molecule has 10 heteroatoms. The second kappa shape index (κ2) is 15.0. The average molecular weight is 529 g/mol. The fraction of sp³-hybridized carbons (Fsp3) is 0.500. The van der Waals surface area contributed by atoms with Gasteiger partial charge in [0.1, 0.15) is 0 Å². The summed E-state index contributed by atoms with van der Waals surface area (Å²) in [6, 6.07) is 10.3. The van der Waals surface area contributed by atoms with E-state index in [1.54, 1.807) is 64.8 Å². The fourth-order valence-electron chi connectivity index (χ4n) is 4.40. The molecule has 1 heterocycles. The summed E-state index contributed by atoms with van der Waals surface area (Å²) in [6.07, 6.45) is 1.78. The van der Waals surface area contributed by atoms with Gasteiger partial charge < -0.3 is 39.4 Å². The highest BCUT2D eigenvalue weighted by Gasteiger charge is 2.17. The summed E-state index contributed by atoms with van der Waals surface area (Å²) in [5, 5.41) is 5.97. The monoisotopic (exact) mass is 528 g/mol. The van der Waals surface area contributed by atoms with Crippen molar-refractivity contribution in [3.63, 3.8) is 0 Å². The third-order valence-electron chi connectivity index (χ3n) is 6.63. The lowest BCUT2D eigenvalue weighted by molar-refractivity contribution is 0.0934. The molecule has 38 heavy (non-hydrogen) atoms. The third kappa shape index (κ3) is 8.26. The Morgan fingerprint density at radius 3 is 1.34 bits per heavy atom. The Bertz CT molecular complexity index is 972. The smallest absolute Gasteiger partial charge is 0.251 e. The predicted molar refractivity (Wildman–Crippen MR) is 146 cm³/mol. The van der Waals surface area contributed by atoms with E-state index in [-0.39, 0.29) is 11.8 Å². The molecule has 1 fully saturated rings. The van der Waals surface area contributed by atoms with Gasteiger partial charge in [-0.15, -0.1) is 0 Å². The summed E-state index contributed by atoms with van der Waals surface area (Å²) in [7, 11) is 6.25. The van der Waals surface area contributed by atoms with Gasteiger partial charge in [-0.25, -0.2) is 0 Å². The molecule has 208 valence electrons. The van der Waals surface area contributed by atoms with Gasteiger partial charge in [-0.3, -0.25) is 9.59 Å². The van der Waals surface area contributed by atoms with Crippen LogP contribution in [0.25, 0.3) is 0 Å². The summed E-state index contributed by atoms with van der Waals surface area (Å²) in [6.45, 7) is 7.13. The van der Waals surface area contributed by atoms with Crippen LogP contribution in [0.3, 0.4) is 0 Å². The fourth-order valence-corrected chi connectivity index (χ4v) is 4.40. The van der Waals surface area contributed by atoms with Crippen molar-refractivity contribution in [2.45, 2.75) is 12.8 Å². The molecule has 2 N–H and O–H groups in total. The molecule has 0 radical (unpaired) electrons. The van der Waals surface area contributed by atoms with Crippen molar-refractivity contribution < 1.29 is 28.5 Å². The molecule has 1 saturated heterocycles. The van der Waals surface area contributed by atoms with Gasteiger partial charge in [-0.2, -0.15) is 0 Å². The first-order valence-corrected chi connectivity index (χ1v) is 12.9. The van der Waals surface area contributed by atoms with E-state index in [2.05, 4.69) is 20.4 Å². The zero-order valence-electron chi connectivity index (χ0n) is 22.9. The Kier molecular flexibility index (Phi) is 11.5. The molecule has 3 rings (SSSR count). The summed E-state index contributed by atoms with van der Waals surface area (Å²) in [4.78, 5) is 29.7. The van der Waals surface area contributed by atoms with E-state index < -0.39 is 0 Å². The average Bonchev–Trinajstić information content (AvgIpc) is 2.97. The first-order valence-electron chi connectivity index (χ1n) is 12.9. The van der Waals surface area contributed by atoms with E-state index in [0.717, 1.165) is 52.1 Å². The molecule has 0 atom stereocenters. The number of nitrogens with zero attached hydrogens (tertiary/aromatic N) is 2. The SMILES string of the molecule is COc1ccc(C(=O)NCCCN2CCN(CCCNC(=O)c3ccc(OC)c(OC)c3)CC2)cc1OC. The van der Waals surface area contributed by atoms with Gasteiger partial charge >= 0.3 is 0 Å². The zero-order chi connectivity index (χ0) is 27.3. The first-order chi connectivity index (χ1) is 18.5. The minimum Gasteiger partial charge on any atom is -0.493 e. The number of hydrogen-bond acceptors (Lipinski definition) is 8. The lowest BCUT2D eigenvalue weighted by atomic mass is 10.2. The number of ether oxygens (including phenoxy) is 4. The zero-order valence-corrected chi connectivity index (χ0v) is 22.9. The number of nitrogens with one attached hydrogen (secondary N) is 2. The lowest BCUT2D eigenvalue weighted by Gasteiger charge is -2.34. The standard InChI is InChI=1S/C28H40N4O6/c1-35-23-9-7-21(19-25(23)37-3)27(33)29-11-5-13-31-15-17-32(18-16-31)14-6-12-30-28(34)22-8-10-24(36-2)26(20-22)38-4/h7-10,19-20H,5-6,11-18H2,1-4H3,(H,29,33)(H,30,34). The maximum Gasteiger partial charge on any atom is 0.251 e. The summed E-state index contributed by atoms with van der Waals surface area (Å²) < 4.78 is 21.0.